The van der Waals surface area contributed by atoms with Crippen LogP contribution >= 0.6 is 11.6 Å². The second-order valence-electron chi connectivity index (χ2n) is 4.65. The third-order valence-corrected chi connectivity index (χ3v) is 3.45. The smallest absolute Gasteiger partial charge is 0.349 e. The van der Waals surface area contributed by atoms with Crippen LogP contribution in [-0.2, 0) is 9.63 Å². The minimum atomic E-state index is -0.619. The first kappa shape index (κ1) is 13.5. The lowest BCUT2D eigenvalue weighted by Crippen LogP contribution is -2.06. The largest absolute Gasteiger partial charge is 0.399 e. The predicted molar refractivity (Wildman–Crippen MR) is 83.2 cm³/mol. The highest BCUT2D eigenvalue weighted by molar-refractivity contribution is 6.27. The molecule has 2 aromatic rings. The van der Waals surface area contributed by atoms with E-state index < -0.39 is 5.97 Å². The van der Waals surface area contributed by atoms with Gasteiger partial charge in [0, 0.05) is 22.5 Å². The fraction of sp³-hybridized carbons (Fsp3) is 0.0667. The number of nitrogens with two attached hydrogens (primary N) is 2. The van der Waals surface area contributed by atoms with Crippen LogP contribution in [0.1, 0.15) is 11.1 Å². The van der Waals surface area contributed by atoms with Crippen molar-refractivity contribution in [2.75, 3.05) is 17.3 Å². The maximum Gasteiger partial charge on any atom is 0.349 e. The van der Waals surface area contributed by atoms with Crippen LogP contribution in [0.3, 0.4) is 0 Å². The van der Waals surface area contributed by atoms with Gasteiger partial charge >= 0.3 is 5.97 Å². The van der Waals surface area contributed by atoms with E-state index in [-0.39, 0.29) is 5.88 Å². The molecule has 0 saturated carbocycles. The van der Waals surface area contributed by atoms with Gasteiger partial charge in [-0.3, -0.25) is 0 Å². The molecule has 0 aliphatic heterocycles. The van der Waals surface area contributed by atoms with E-state index in [1.165, 1.54) is 0 Å². The van der Waals surface area contributed by atoms with Gasteiger partial charge in [0.25, 0.3) is 0 Å². The minimum Gasteiger partial charge on any atom is -0.399 e. The molecular formula is C15H12ClN3O2. The normalized spacial score (nSPS) is 11.8. The summed E-state index contributed by atoms with van der Waals surface area (Å²) in [6.45, 7) is 0. The number of hydrogen-bond donors (Lipinski definition) is 2. The molecular weight excluding hydrogens is 290 g/mol. The second-order valence-corrected chi connectivity index (χ2v) is 4.91. The SMILES string of the molecule is Nc1ccc2c(c1)C(=NOC(=O)CCl)c1cc(N)ccc1-2. The van der Waals surface area contributed by atoms with Gasteiger partial charge in [-0.25, -0.2) is 4.79 Å². The lowest BCUT2D eigenvalue weighted by Gasteiger charge is -2.02. The molecule has 0 spiro atoms. The van der Waals surface area contributed by atoms with Gasteiger partial charge in [0.2, 0.25) is 0 Å². The first-order chi connectivity index (χ1) is 10.1. The highest BCUT2D eigenvalue weighted by Gasteiger charge is 2.26. The Balaban J connectivity index is 2.17. The summed E-state index contributed by atoms with van der Waals surface area (Å²) < 4.78 is 0. The topological polar surface area (TPSA) is 90.7 Å². The van der Waals surface area contributed by atoms with E-state index in [0.29, 0.717) is 17.1 Å². The Morgan fingerprint density at radius 3 is 2.00 bits per heavy atom. The molecule has 0 heterocycles. The van der Waals surface area contributed by atoms with Gasteiger partial charge in [-0.2, -0.15) is 0 Å². The standard InChI is InChI=1S/C15H12ClN3O2/c16-7-14(20)21-19-15-12-5-8(17)1-3-10(12)11-4-2-9(18)6-13(11)15/h1-6H,7,17-18H2. The van der Waals surface area contributed by atoms with Crippen molar-refractivity contribution in [1.29, 1.82) is 0 Å². The van der Waals surface area contributed by atoms with Crippen LogP contribution in [0, 0.1) is 0 Å². The predicted octanol–water partition coefficient (Wildman–Crippen LogP) is 2.37. The van der Waals surface area contributed by atoms with Gasteiger partial charge in [0.15, 0.2) is 0 Å². The van der Waals surface area contributed by atoms with E-state index in [2.05, 4.69) is 5.16 Å². The molecule has 0 unspecified atom stereocenters. The summed E-state index contributed by atoms with van der Waals surface area (Å²) in [7, 11) is 0. The molecule has 0 fully saturated rings. The molecule has 1 aliphatic carbocycles. The quantitative estimate of drug-likeness (QED) is 0.329. The molecule has 0 radical (unpaired) electrons. The highest BCUT2D eigenvalue weighted by Crippen LogP contribution is 2.38. The van der Waals surface area contributed by atoms with Gasteiger partial charge in [0.1, 0.15) is 11.6 Å². The van der Waals surface area contributed by atoms with E-state index in [0.717, 1.165) is 22.3 Å². The zero-order valence-corrected chi connectivity index (χ0v) is 11.7. The van der Waals surface area contributed by atoms with Crippen molar-refractivity contribution < 1.29 is 9.63 Å². The summed E-state index contributed by atoms with van der Waals surface area (Å²) in [6.07, 6.45) is 0. The molecule has 106 valence electrons. The number of benzene rings is 2. The van der Waals surface area contributed by atoms with E-state index >= 15 is 0 Å². The fourth-order valence-corrected chi connectivity index (χ4v) is 2.40. The lowest BCUT2D eigenvalue weighted by molar-refractivity contribution is -0.140. The zero-order valence-electron chi connectivity index (χ0n) is 11.0. The summed E-state index contributed by atoms with van der Waals surface area (Å²) in [6, 6.07) is 11.0. The molecule has 0 saturated heterocycles. The lowest BCUT2D eigenvalue weighted by atomic mass is 10.1. The molecule has 5 nitrogen and oxygen atoms in total. The first-order valence-corrected chi connectivity index (χ1v) is 6.77. The van der Waals surface area contributed by atoms with E-state index in [1.54, 1.807) is 12.1 Å². The maximum absolute atomic E-state index is 11.2. The average Bonchev–Trinajstić information content (AvgIpc) is 2.76. The number of oxime groups is 1. The number of hydrogen-bond acceptors (Lipinski definition) is 5. The van der Waals surface area contributed by atoms with Crippen molar-refractivity contribution in [3.8, 4) is 11.1 Å². The zero-order chi connectivity index (χ0) is 15.0. The van der Waals surface area contributed by atoms with E-state index in [4.69, 9.17) is 27.9 Å². The van der Waals surface area contributed by atoms with Crippen LogP contribution in [0.4, 0.5) is 11.4 Å². The van der Waals surface area contributed by atoms with Gasteiger partial charge in [-0.1, -0.05) is 17.3 Å². The number of nitrogens with zero attached hydrogens (tertiary/aromatic N) is 1. The molecule has 4 N–H and O–H groups in total. The molecule has 21 heavy (non-hydrogen) atoms. The third-order valence-electron chi connectivity index (χ3n) is 3.24. The van der Waals surface area contributed by atoms with Crippen LogP contribution in [-0.4, -0.2) is 17.6 Å². The summed E-state index contributed by atoms with van der Waals surface area (Å²) in [5.41, 5.74) is 16.9. The van der Waals surface area contributed by atoms with Gasteiger partial charge < -0.3 is 16.3 Å². The molecule has 0 aromatic heterocycles. The van der Waals surface area contributed by atoms with Crippen LogP contribution in [0.2, 0.25) is 0 Å². The Bertz CT molecular complexity index is 718. The van der Waals surface area contributed by atoms with Crippen molar-refractivity contribution >= 4 is 34.7 Å². The summed E-state index contributed by atoms with van der Waals surface area (Å²) >= 11 is 5.40. The number of carbonyl (C=O) groups excluding carboxylic acids is 1. The molecule has 3 rings (SSSR count). The van der Waals surface area contributed by atoms with Crippen LogP contribution in [0.25, 0.3) is 11.1 Å². The number of anilines is 2. The van der Waals surface area contributed by atoms with Gasteiger partial charge in [-0.15, -0.1) is 11.6 Å². The summed E-state index contributed by atoms with van der Waals surface area (Å²) in [4.78, 5) is 16.0. The Kier molecular flexibility index (Phi) is 3.27. The molecule has 0 bridgehead atoms. The van der Waals surface area contributed by atoms with E-state index in [1.807, 2.05) is 24.3 Å². The van der Waals surface area contributed by atoms with Crippen LogP contribution < -0.4 is 11.5 Å². The number of nitrogen functional groups attached to an aromatic ring is 2. The fourth-order valence-electron chi connectivity index (χ4n) is 2.35. The van der Waals surface area contributed by atoms with Gasteiger partial charge in [0.05, 0.1) is 0 Å². The van der Waals surface area contributed by atoms with Crippen molar-refractivity contribution in [3.63, 3.8) is 0 Å². The van der Waals surface area contributed by atoms with E-state index in [9.17, 15) is 4.79 Å². The van der Waals surface area contributed by atoms with Crippen molar-refractivity contribution in [2.45, 2.75) is 0 Å². The summed E-state index contributed by atoms with van der Waals surface area (Å²) in [5, 5.41) is 3.93. The van der Waals surface area contributed by atoms with Crippen molar-refractivity contribution in [2.24, 2.45) is 5.16 Å². The number of alkyl halides is 1. The Labute approximate surface area is 126 Å². The highest BCUT2D eigenvalue weighted by atomic mass is 35.5. The molecule has 6 heteroatoms. The van der Waals surface area contributed by atoms with Crippen molar-refractivity contribution in [1.82, 2.24) is 0 Å². The molecule has 2 aromatic carbocycles. The monoisotopic (exact) mass is 301 g/mol. The van der Waals surface area contributed by atoms with Crippen molar-refractivity contribution in [3.05, 3.63) is 47.5 Å². The number of halogens is 1. The molecule has 0 amide bonds. The number of carbonyl (C=O) groups is 1. The Morgan fingerprint density at radius 2 is 1.52 bits per heavy atom. The Morgan fingerprint density at radius 1 is 1.00 bits per heavy atom. The Hall–Kier alpha value is -2.53. The average molecular weight is 302 g/mol. The van der Waals surface area contributed by atoms with Crippen LogP contribution in [0.5, 0.6) is 0 Å². The number of fused-ring (bicyclic) bond motifs is 3. The molecule has 1 aliphatic rings. The maximum atomic E-state index is 11.2. The first-order valence-electron chi connectivity index (χ1n) is 6.24. The van der Waals surface area contributed by atoms with Crippen LogP contribution in [0.15, 0.2) is 41.6 Å². The minimum absolute atomic E-state index is 0.260. The second kappa shape index (κ2) is 5.10. The molecule has 0 atom stereocenters. The van der Waals surface area contributed by atoms with Gasteiger partial charge in [-0.05, 0) is 35.4 Å². The third kappa shape index (κ3) is 2.32. The number of rotatable bonds is 2. The summed E-state index contributed by atoms with van der Waals surface area (Å²) in [5.74, 6) is -0.878.